The van der Waals surface area contributed by atoms with E-state index in [2.05, 4.69) is 15.7 Å². The lowest BCUT2D eigenvalue weighted by molar-refractivity contribution is -0.125. The van der Waals surface area contributed by atoms with E-state index in [9.17, 15) is 9.59 Å². The lowest BCUT2D eigenvalue weighted by Gasteiger charge is -2.24. The molecule has 1 aliphatic rings. The fourth-order valence-electron chi connectivity index (χ4n) is 3.32. The number of nitrogens with zero attached hydrogens (tertiary/aromatic N) is 2. The molecule has 0 radical (unpaired) electrons. The molecule has 2 heterocycles. The Morgan fingerprint density at radius 3 is 2.82 bits per heavy atom. The summed E-state index contributed by atoms with van der Waals surface area (Å²) in [4.78, 5) is 25.0. The normalized spacial score (nSPS) is 15.6. The van der Waals surface area contributed by atoms with Crippen LogP contribution in [0.25, 0.3) is 11.1 Å². The highest BCUT2D eigenvalue weighted by Crippen LogP contribution is 2.32. The Kier molecular flexibility index (Phi) is 4.88. The number of hydrogen-bond acceptors (Lipinski definition) is 3. The summed E-state index contributed by atoms with van der Waals surface area (Å²) in [5, 5.41) is 10.8. The average molecular weight is 395 g/mol. The van der Waals surface area contributed by atoms with Crippen LogP contribution in [0.3, 0.4) is 0 Å². The fourth-order valence-corrected chi connectivity index (χ4v) is 3.45. The number of carbonyl (C=O) groups excluding carboxylic acids is 2. The second kappa shape index (κ2) is 7.48. The van der Waals surface area contributed by atoms with E-state index in [0.717, 1.165) is 22.4 Å². The number of hydrogen-bond donors (Lipinski definition) is 2. The second-order valence-corrected chi connectivity index (χ2v) is 7.34. The molecule has 0 bridgehead atoms. The number of fused-ring (bicyclic) bond motifs is 1. The highest BCUT2D eigenvalue weighted by Gasteiger charge is 2.30. The highest BCUT2D eigenvalue weighted by molar-refractivity contribution is 6.30. The van der Waals surface area contributed by atoms with Crippen molar-refractivity contribution in [2.45, 2.75) is 19.9 Å². The summed E-state index contributed by atoms with van der Waals surface area (Å²) in [5.74, 6) is -0.208. The smallest absolute Gasteiger partial charge is 0.231 e. The van der Waals surface area contributed by atoms with E-state index in [-0.39, 0.29) is 18.2 Å². The molecule has 2 amide bonds. The lowest BCUT2D eigenvalue weighted by atomic mass is 10.0. The maximum atomic E-state index is 12.6. The standard InChI is InChI=1S/C21H19ClN4O2/c1-13-3-2-4-17(9-13)24-19(27)10-15-12-26-20(25-21(15)28)18(11-23-26)14-5-7-16(22)8-6-14/h2-9,11,15H,10,12H2,1H3,(H,24,27)(H,25,28)/t15-/m1/s1. The molecule has 0 spiro atoms. The van der Waals surface area contributed by atoms with Crippen LogP contribution in [0.15, 0.2) is 54.7 Å². The van der Waals surface area contributed by atoms with Gasteiger partial charge in [0, 0.05) is 22.7 Å². The third kappa shape index (κ3) is 3.77. The molecule has 0 saturated heterocycles. The first-order chi connectivity index (χ1) is 13.5. The summed E-state index contributed by atoms with van der Waals surface area (Å²) >= 11 is 5.95. The van der Waals surface area contributed by atoms with Crippen molar-refractivity contribution in [3.05, 3.63) is 65.3 Å². The van der Waals surface area contributed by atoms with Crippen molar-refractivity contribution >= 4 is 34.9 Å². The van der Waals surface area contributed by atoms with Crippen molar-refractivity contribution in [1.82, 2.24) is 9.78 Å². The quantitative estimate of drug-likeness (QED) is 0.699. The summed E-state index contributed by atoms with van der Waals surface area (Å²) in [6.07, 6.45) is 1.81. The van der Waals surface area contributed by atoms with Crippen molar-refractivity contribution in [3.63, 3.8) is 0 Å². The van der Waals surface area contributed by atoms with E-state index < -0.39 is 5.92 Å². The topological polar surface area (TPSA) is 76.0 Å². The number of aromatic nitrogens is 2. The first-order valence-electron chi connectivity index (χ1n) is 8.99. The molecule has 7 heteroatoms. The van der Waals surface area contributed by atoms with Crippen LogP contribution in [-0.4, -0.2) is 21.6 Å². The molecule has 1 atom stereocenters. The maximum absolute atomic E-state index is 12.6. The SMILES string of the molecule is Cc1cccc(NC(=O)C[C@@H]2Cn3ncc(-c4ccc(Cl)cc4)c3NC2=O)c1. The van der Waals surface area contributed by atoms with Gasteiger partial charge in [0.05, 0.1) is 18.7 Å². The van der Waals surface area contributed by atoms with Gasteiger partial charge in [0.2, 0.25) is 11.8 Å². The van der Waals surface area contributed by atoms with Gasteiger partial charge in [-0.1, -0.05) is 35.9 Å². The van der Waals surface area contributed by atoms with Crippen LogP contribution in [0.4, 0.5) is 11.5 Å². The predicted octanol–water partition coefficient (Wildman–Crippen LogP) is 4.11. The Balaban J connectivity index is 1.47. The number of anilines is 2. The van der Waals surface area contributed by atoms with E-state index in [1.54, 1.807) is 23.0 Å². The molecule has 0 fully saturated rings. The molecular formula is C21H19ClN4O2. The van der Waals surface area contributed by atoms with Crippen LogP contribution in [-0.2, 0) is 16.1 Å². The van der Waals surface area contributed by atoms with Gasteiger partial charge >= 0.3 is 0 Å². The van der Waals surface area contributed by atoms with Crippen LogP contribution in [0.5, 0.6) is 0 Å². The van der Waals surface area contributed by atoms with Gasteiger partial charge in [0.1, 0.15) is 5.82 Å². The molecule has 2 aromatic carbocycles. The number of carbonyl (C=O) groups is 2. The molecule has 4 rings (SSSR count). The van der Waals surface area contributed by atoms with Crippen molar-refractivity contribution in [2.24, 2.45) is 5.92 Å². The summed E-state index contributed by atoms with van der Waals surface area (Å²) in [5.41, 5.74) is 3.53. The van der Waals surface area contributed by atoms with Gasteiger partial charge in [-0.25, -0.2) is 4.68 Å². The van der Waals surface area contributed by atoms with Gasteiger partial charge in [-0.05, 0) is 42.3 Å². The summed E-state index contributed by atoms with van der Waals surface area (Å²) in [6.45, 7) is 2.32. The summed E-state index contributed by atoms with van der Waals surface area (Å²) < 4.78 is 1.73. The van der Waals surface area contributed by atoms with Gasteiger partial charge in [0.25, 0.3) is 0 Å². The predicted molar refractivity (Wildman–Crippen MR) is 109 cm³/mol. The van der Waals surface area contributed by atoms with Crippen molar-refractivity contribution in [3.8, 4) is 11.1 Å². The van der Waals surface area contributed by atoms with E-state index in [4.69, 9.17) is 11.6 Å². The van der Waals surface area contributed by atoms with E-state index in [0.29, 0.717) is 17.4 Å². The fraction of sp³-hybridized carbons (Fsp3) is 0.190. The summed E-state index contributed by atoms with van der Waals surface area (Å²) in [7, 11) is 0. The first kappa shape index (κ1) is 18.3. The Hall–Kier alpha value is -3.12. The largest absolute Gasteiger partial charge is 0.326 e. The summed E-state index contributed by atoms with van der Waals surface area (Å²) in [6, 6.07) is 14.9. The first-order valence-corrected chi connectivity index (χ1v) is 9.36. The zero-order valence-corrected chi connectivity index (χ0v) is 16.0. The molecule has 0 unspecified atom stereocenters. The molecule has 1 aromatic heterocycles. The maximum Gasteiger partial charge on any atom is 0.231 e. The minimum absolute atomic E-state index is 0.0926. The van der Waals surface area contributed by atoms with Crippen molar-refractivity contribution in [1.29, 1.82) is 0 Å². The number of rotatable bonds is 4. The molecule has 28 heavy (non-hydrogen) atoms. The van der Waals surface area contributed by atoms with Crippen molar-refractivity contribution < 1.29 is 9.59 Å². The van der Waals surface area contributed by atoms with E-state index in [1.165, 1.54) is 0 Å². The Morgan fingerprint density at radius 1 is 1.29 bits per heavy atom. The van der Waals surface area contributed by atoms with Crippen LogP contribution < -0.4 is 10.6 Å². The highest BCUT2D eigenvalue weighted by atomic mass is 35.5. The van der Waals surface area contributed by atoms with Crippen LogP contribution in [0.1, 0.15) is 12.0 Å². The van der Waals surface area contributed by atoms with Gasteiger partial charge < -0.3 is 10.6 Å². The van der Waals surface area contributed by atoms with E-state index in [1.807, 2.05) is 43.3 Å². The second-order valence-electron chi connectivity index (χ2n) is 6.90. The number of halogens is 1. The van der Waals surface area contributed by atoms with Gasteiger partial charge in [-0.3, -0.25) is 9.59 Å². The Morgan fingerprint density at radius 2 is 2.07 bits per heavy atom. The molecule has 3 aromatic rings. The molecule has 0 saturated carbocycles. The van der Waals surface area contributed by atoms with Crippen molar-refractivity contribution in [2.75, 3.05) is 10.6 Å². The number of benzene rings is 2. The zero-order chi connectivity index (χ0) is 19.7. The molecule has 2 N–H and O–H groups in total. The minimum atomic E-state index is -0.477. The van der Waals surface area contributed by atoms with Gasteiger partial charge in [0.15, 0.2) is 0 Å². The monoisotopic (exact) mass is 394 g/mol. The number of amides is 2. The van der Waals surface area contributed by atoms with Gasteiger partial charge in [-0.15, -0.1) is 0 Å². The van der Waals surface area contributed by atoms with Gasteiger partial charge in [-0.2, -0.15) is 5.10 Å². The third-order valence-electron chi connectivity index (χ3n) is 4.73. The lowest BCUT2D eigenvalue weighted by Crippen LogP contribution is -2.36. The zero-order valence-electron chi connectivity index (χ0n) is 15.3. The third-order valence-corrected chi connectivity index (χ3v) is 4.99. The van der Waals surface area contributed by atoms with Crippen LogP contribution in [0.2, 0.25) is 5.02 Å². The average Bonchev–Trinajstić information content (AvgIpc) is 3.05. The molecule has 142 valence electrons. The number of nitrogens with one attached hydrogen (secondary N) is 2. The molecule has 6 nitrogen and oxygen atoms in total. The van der Waals surface area contributed by atoms with E-state index >= 15 is 0 Å². The number of aryl methyl sites for hydroxylation is 1. The molecule has 0 aliphatic carbocycles. The van der Waals surface area contributed by atoms with Crippen LogP contribution >= 0.6 is 11.6 Å². The Bertz CT molecular complexity index is 1040. The molecular weight excluding hydrogens is 376 g/mol. The minimum Gasteiger partial charge on any atom is -0.326 e. The van der Waals surface area contributed by atoms with Crippen LogP contribution in [0, 0.1) is 12.8 Å². The molecule has 1 aliphatic heterocycles. The Labute approximate surface area is 167 Å².